The number of methoxy groups -OCH3 is 1. The Balaban J connectivity index is 0.000000207. The molecule has 3 aliphatic heterocycles. The van der Waals surface area contributed by atoms with Gasteiger partial charge in [0.25, 0.3) is 0 Å². The standard InChI is InChI=1S/C34H39F2N5O4.C27H42N2O4.C6H10/c1-3-24-27(35)8-7-20-14-23(43)15-25(28(20)24)30-29(36)31-26(16-37-30)32(40-12-4-6-22(42)17-40)39-33(38-31)45-19-34-10-5-13-41(34)21(9-11-34)18-44-2;1-7-11-21(31)16-18-23(20(5)30)29-24-13-10-14-25(26(24)28(6)27(29)32)33-22(12-8-2)17-15-19(4)9-3;1-2-6-4-3-5-6/h7-8,14-16,21-22,42-43H,3-6,9-13,17-19H2,1-2H3;10,13-14,19,22-23H,7-9,11-12,15-18H2,1-6H3;2H,3-5H2,1H3. The van der Waals surface area contributed by atoms with E-state index in [0.717, 1.165) is 77.2 Å². The first-order chi connectivity index (χ1) is 40.5. The van der Waals surface area contributed by atoms with Crippen LogP contribution in [0.3, 0.4) is 0 Å². The van der Waals surface area contributed by atoms with Gasteiger partial charge in [-0.05, 0) is 169 Å². The fraction of sp³-hybridized carbons (Fsp3) is 0.582. The number of halogens is 2. The van der Waals surface area contributed by atoms with Crippen LogP contribution < -0.4 is 20.1 Å². The number of ketones is 2. The van der Waals surface area contributed by atoms with Crippen molar-refractivity contribution in [1.82, 2.24) is 29.0 Å². The van der Waals surface area contributed by atoms with Gasteiger partial charge in [-0.1, -0.05) is 71.2 Å². The molecule has 0 spiro atoms. The van der Waals surface area contributed by atoms with Crippen LogP contribution in [0.15, 0.2) is 65.1 Å². The number of phenolic OH excluding ortho intramolecular Hbond substituents is 1. The van der Waals surface area contributed by atoms with Gasteiger partial charge in [0.2, 0.25) is 0 Å². The fourth-order valence-corrected chi connectivity index (χ4v) is 13.0. The molecule has 0 radical (unpaired) electrons. The number of fused-ring (bicyclic) bond motifs is 4. The van der Waals surface area contributed by atoms with Crippen molar-refractivity contribution < 1.29 is 42.8 Å². The number of hydrogen-bond donors (Lipinski definition) is 2. The molecule has 6 aromatic rings. The highest BCUT2D eigenvalue weighted by molar-refractivity contribution is 6.02. The largest absolute Gasteiger partial charge is 0.508 e. The lowest BCUT2D eigenvalue weighted by atomic mass is 9.93. The van der Waals surface area contributed by atoms with Crippen LogP contribution >= 0.6 is 0 Å². The number of rotatable bonds is 23. The summed E-state index contributed by atoms with van der Waals surface area (Å²) in [6.07, 6.45) is 20.5. The number of piperidine rings is 1. The molecule has 4 aliphatic rings. The lowest BCUT2D eigenvalue weighted by molar-refractivity contribution is -0.121. The van der Waals surface area contributed by atoms with E-state index in [-0.39, 0.29) is 57.4 Å². The normalized spacial score (nSPS) is 19.7. The van der Waals surface area contributed by atoms with E-state index in [4.69, 9.17) is 19.2 Å². The zero-order valence-electron chi connectivity index (χ0n) is 51.3. The van der Waals surface area contributed by atoms with Gasteiger partial charge in [-0.3, -0.25) is 28.6 Å². The molecule has 3 aromatic carbocycles. The van der Waals surface area contributed by atoms with Crippen molar-refractivity contribution in [3.63, 3.8) is 0 Å². The molecule has 0 amide bonds. The number of para-hydroxylation sites is 1. The molecule has 456 valence electrons. The summed E-state index contributed by atoms with van der Waals surface area (Å²) in [5.74, 6) is 0.616. The molecule has 2 N–H and O–H groups in total. The summed E-state index contributed by atoms with van der Waals surface area (Å²) < 4.78 is 53.1. The highest BCUT2D eigenvalue weighted by Crippen LogP contribution is 2.44. The van der Waals surface area contributed by atoms with Crippen molar-refractivity contribution >= 4 is 50.1 Å². The van der Waals surface area contributed by atoms with Crippen LogP contribution in [0.1, 0.15) is 176 Å². The zero-order chi connectivity index (χ0) is 60.2. The van der Waals surface area contributed by atoms with Gasteiger partial charge < -0.3 is 29.3 Å². The Kier molecular flexibility index (Phi) is 22.1. The number of benzene rings is 3. The lowest BCUT2D eigenvalue weighted by Gasteiger charge is -2.34. The van der Waals surface area contributed by atoms with Crippen molar-refractivity contribution in [2.75, 3.05) is 44.9 Å². The predicted molar refractivity (Wildman–Crippen MR) is 329 cm³/mol. The number of β-amino-alcohol motifs (C(OH)–C–C–N with tert-alkyl or cyclic N) is 1. The number of aryl methyl sites for hydroxylation is 2. The van der Waals surface area contributed by atoms with Gasteiger partial charge in [0.15, 0.2) is 11.6 Å². The number of anilines is 1. The Labute approximate surface area is 494 Å². The van der Waals surface area contributed by atoms with Crippen LogP contribution in [-0.4, -0.2) is 115 Å². The topological polar surface area (TPSA) is 174 Å². The molecule has 84 heavy (non-hydrogen) atoms. The predicted octanol–water partition coefficient (Wildman–Crippen LogP) is 13.5. The number of phenols is 1. The van der Waals surface area contributed by atoms with E-state index in [0.29, 0.717) is 115 Å². The SMILES string of the molecule is CC=C1CCC1.CCCC(=O)CCC(C(C)=O)n1c(=O)n(C)c2c(OC(CCC)CCC(C)CC)cccc21.CCc1c(F)ccc2cc(O)cc(-c3ncc4c(N5CCCC(O)C5)nc(OCC56CCCN5C(COC)CC6)nc4c3F)c12. The first-order valence-electron chi connectivity index (χ1n) is 31.1. The Morgan fingerprint density at radius 2 is 1.74 bits per heavy atom. The van der Waals surface area contributed by atoms with Gasteiger partial charge in [-0.15, -0.1) is 0 Å². The van der Waals surface area contributed by atoms with E-state index in [2.05, 4.69) is 48.6 Å². The minimum absolute atomic E-state index is 0.0236. The molecular formula is C67H91F2N7O8. The first kappa shape index (κ1) is 63.7. The van der Waals surface area contributed by atoms with Crippen molar-refractivity contribution in [3.05, 3.63) is 88.0 Å². The van der Waals surface area contributed by atoms with Crippen molar-refractivity contribution in [3.8, 4) is 28.8 Å². The van der Waals surface area contributed by atoms with Crippen LogP contribution in [0.4, 0.5) is 14.6 Å². The maximum atomic E-state index is 16.8. The number of aliphatic hydroxyl groups is 1. The van der Waals surface area contributed by atoms with Crippen LogP contribution in [0, 0.1) is 17.6 Å². The smallest absolute Gasteiger partial charge is 0.329 e. The molecule has 1 aliphatic carbocycles. The fourth-order valence-electron chi connectivity index (χ4n) is 13.0. The van der Waals surface area contributed by atoms with E-state index in [1.54, 1.807) is 34.9 Å². The van der Waals surface area contributed by atoms with E-state index in [1.165, 1.54) is 50.6 Å². The number of hydrogen-bond acceptors (Lipinski definition) is 13. The quantitative estimate of drug-likeness (QED) is 0.0581. The number of imidazole rings is 1. The number of carbonyl (C=O) groups is 2. The summed E-state index contributed by atoms with van der Waals surface area (Å²) in [5, 5.41) is 22.5. The molecular weight excluding hydrogens is 1070 g/mol. The number of aromatic hydroxyl groups is 1. The number of carbonyl (C=O) groups excluding carboxylic acids is 2. The molecule has 15 nitrogen and oxygen atoms in total. The Morgan fingerprint density at radius 1 is 0.940 bits per heavy atom. The van der Waals surface area contributed by atoms with Crippen LogP contribution in [-0.2, 0) is 27.8 Å². The third-order valence-electron chi connectivity index (χ3n) is 18.0. The maximum Gasteiger partial charge on any atom is 0.329 e. The number of ether oxygens (including phenoxy) is 3. The van der Waals surface area contributed by atoms with Crippen LogP contribution in [0.2, 0.25) is 0 Å². The average molecular weight is 1160 g/mol. The second-order valence-corrected chi connectivity index (χ2v) is 23.9. The van der Waals surface area contributed by atoms with Crippen LogP contribution in [0.25, 0.3) is 44.0 Å². The summed E-state index contributed by atoms with van der Waals surface area (Å²) in [7, 11) is 3.45. The summed E-state index contributed by atoms with van der Waals surface area (Å²) in [6.45, 7) is 17.1. The summed E-state index contributed by atoms with van der Waals surface area (Å²) in [4.78, 5) is 56.2. The molecule has 3 saturated heterocycles. The molecule has 6 heterocycles. The van der Waals surface area contributed by atoms with E-state index in [9.17, 15) is 29.0 Å². The highest BCUT2D eigenvalue weighted by Gasteiger charge is 2.50. The number of pyridine rings is 1. The minimum Gasteiger partial charge on any atom is -0.508 e. The van der Waals surface area contributed by atoms with Gasteiger partial charge in [0.05, 0.1) is 41.3 Å². The molecule has 4 fully saturated rings. The molecule has 10 rings (SSSR count). The second kappa shape index (κ2) is 29.2. The highest BCUT2D eigenvalue weighted by atomic mass is 19.1. The Morgan fingerprint density at radius 3 is 2.40 bits per heavy atom. The minimum atomic E-state index is -0.710. The number of aromatic nitrogens is 5. The molecule has 0 bridgehead atoms. The molecule has 6 unspecified atom stereocenters. The van der Waals surface area contributed by atoms with Gasteiger partial charge >= 0.3 is 11.7 Å². The Bertz CT molecular complexity index is 3340. The van der Waals surface area contributed by atoms with Crippen molar-refractivity contribution in [2.45, 2.75) is 200 Å². The van der Waals surface area contributed by atoms with Crippen molar-refractivity contribution in [1.29, 1.82) is 0 Å². The first-order valence-corrected chi connectivity index (χ1v) is 31.1. The monoisotopic (exact) mass is 1160 g/mol. The van der Waals surface area contributed by atoms with Crippen molar-refractivity contribution in [2.24, 2.45) is 13.0 Å². The average Bonchev–Trinajstić information content (AvgIpc) is 2.04. The van der Waals surface area contributed by atoms with Crippen LogP contribution in [0.5, 0.6) is 17.5 Å². The van der Waals surface area contributed by atoms with Gasteiger partial charge in [-0.2, -0.15) is 9.97 Å². The van der Waals surface area contributed by atoms with Gasteiger partial charge in [0.1, 0.15) is 52.3 Å². The summed E-state index contributed by atoms with van der Waals surface area (Å²) in [6, 6.07) is 11.3. The van der Waals surface area contributed by atoms with E-state index in [1.807, 2.05) is 36.9 Å². The van der Waals surface area contributed by atoms with E-state index >= 15 is 4.39 Å². The molecule has 17 heteroatoms. The molecule has 1 saturated carbocycles. The van der Waals surface area contributed by atoms with Gasteiger partial charge in [-0.25, -0.2) is 13.6 Å². The maximum absolute atomic E-state index is 16.8. The number of Topliss-reactive ketones (excluding diaryl/α,β-unsaturated/α-hetero) is 2. The number of allylic oxidation sites excluding steroid dienone is 2. The molecule has 6 atom stereocenters. The Hall–Kier alpha value is -6.30. The number of aliphatic hydroxyl groups excluding tert-OH is 1. The summed E-state index contributed by atoms with van der Waals surface area (Å²) >= 11 is 0. The third-order valence-corrected chi connectivity index (χ3v) is 18.0. The van der Waals surface area contributed by atoms with E-state index < -0.39 is 23.8 Å². The lowest BCUT2D eigenvalue weighted by Crippen LogP contribution is -2.47. The molecule has 3 aromatic heterocycles. The van der Waals surface area contributed by atoms with Gasteiger partial charge in [0, 0.05) is 57.9 Å². The number of nitrogens with zero attached hydrogens (tertiary/aromatic N) is 7. The third kappa shape index (κ3) is 14.3. The zero-order valence-corrected chi connectivity index (χ0v) is 51.3. The second-order valence-electron chi connectivity index (χ2n) is 23.9. The summed E-state index contributed by atoms with van der Waals surface area (Å²) in [5.41, 5.74) is 3.32.